The number of anilines is 2. The van der Waals surface area contributed by atoms with Gasteiger partial charge in [-0.05, 0) is 35.9 Å². The Morgan fingerprint density at radius 1 is 1.10 bits per heavy atom. The molecule has 42 heavy (non-hydrogen) atoms. The Bertz CT molecular complexity index is 1780. The van der Waals surface area contributed by atoms with E-state index in [0.717, 1.165) is 5.56 Å². The predicted molar refractivity (Wildman–Crippen MR) is 149 cm³/mol. The first-order valence-electron chi connectivity index (χ1n) is 11.7. The summed E-state index contributed by atoms with van der Waals surface area (Å²) in [5, 5.41) is 8.69. The van der Waals surface area contributed by atoms with Crippen molar-refractivity contribution in [2.24, 2.45) is 0 Å². The van der Waals surface area contributed by atoms with Crippen molar-refractivity contribution in [3.63, 3.8) is 0 Å². The van der Waals surface area contributed by atoms with Gasteiger partial charge in [-0.1, -0.05) is 11.8 Å². The van der Waals surface area contributed by atoms with Gasteiger partial charge in [0.25, 0.3) is 0 Å². The number of hydrogen-bond donors (Lipinski definition) is 3. The lowest BCUT2D eigenvalue weighted by atomic mass is 10.0. The smallest absolute Gasteiger partial charge is 0.493 e. The van der Waals surface area contributed by atoms with E-state index in [2.05, 4.69) is 26.5 Å². The summed E-state index contributed by atoms with van der Waals surface area (Å²) in [6.45, 7) is -1.50. The van der Waals surface area contributed by atoms with Gasteiger partial charge in [0.15, 0.2) is 17.2 Å². The van der Waals surface area contributed by atoms with Crippen LogP contribution in [0.5, 0.6) is 17.2 Å². The van der Waals surface area contributed by atoms with Gasteiger partial charge in [-0.25, -0.2) is 9.78 Å². The summed E-state index contributed by atoms with van der Waals surface area (Å²) in [5.41, 5.74) is 12.5. The molecule has 2 aromatic heterocycles. The van der Waals surface area contributed by atoms with Crippen molar-refractivity contribution in [3.8, 4) is 29.1 Å². The molecular formula is C27H23ClF3N5O6. The van der Waals surface area contributed by atoms with E-state index in [-0.39, 0.29) is 40.6 Å². The Morgan fingerprint density at radius 2 is 1.83 bits per heavy atom. The number of methoxy groups -OCH3 is 2. The summed E-state index contributed by atoms with van der Waals surface area (Å²) >= 11 is 0. The standard InChI is InChI=1S/C27H22F3N5O6.ClH/c1-39-20-10-15(8-17-11-33-25(32)34-24(17)31)7-16(23(20)40-2)5-3-14-4-6-18-19(9-14)35(13-27(28,29)30)12-21(22(18)36)41-26(37)38;/h4,6-7,9-12H,8,13H2,1-2H3,(H,37,38)(H4,31,32,33,34);1H. The van der Waals surface area contributed by atoms with E-state index < -0.39 is 30.1 Å². The Hall–Kier alpha value is -5.16. The fourth-order valence-electron chi connectivity index (χ4n) is 4.08. The lowest BCUT2D eigenvalue weighted by Gasteiger charge is -2.15. The molecule has 2 heterocycles. The highest BCUT2D eigenvalue weighted by molar-refractivity contribution is 5.85. The van der Waals surface area contributed by atoms with Crippen molar-refractivity contribution in [1.29, 1.82) is 0 Å². The number of halogens is 4. The molecule has 0 amide bonds. The third-order valence-corrected chi connectivity index (χ3v) is 5.79. The van der Waals surface area contributed by atoms with Crippen molar-refractivity contribution >= 4 is 41.2 Å². The monoisotopic (exact) mass is 605 g/mol. The number of nitrogens with two attached hydrogens (primary N) is 2. The van der Waals surface area contributed by atoms with Crippen LogP contribution in [0.1, 0.15) is 22.3 Å². The van der Waals surface area contributed by atoms with E-state index in [1.807, 2.05) is 0 Å². The molecule has 4 rings (SSSR count). The van der Waals surface area contributed by atoms with E-state index in [1.54, 1.807) is 12.1 Å². The molecule has 0 unspecified atom stereocenters. The van der Waals surface area contributed by atoms with Gasteiger partial charge < -0.3 is 35.4 Å². The molecule has 0 fully saturated rings. The Morgan fingerprint density at radius 3 is 2.45 bits per heavy atom. The summed E-state index contributed by atoms with van der Waals surface area (Å²) in [4.78, 5) is 31.5. The van der Waals surface area contributed by atoms with Crippen LogP contribution in [0.4, 0.5) is 29.7 Å². The zero-order valence-corrected chi connectivity index (χ0v) is 22.8. The second-order valence-corrected chi connectivity index (χ2v) is 8.61. The first-order chi connectivity index (χ1) is 19.4. The number of nitrogens with zero attached hydrogens (tertiary/aromatic N) is 3. The molecule has 0 saturated heterocycles. The van der Waals surface area contributed by atoms with Crippen LogP contribution in [0.15, 0.2) is 47.5 Å². The minimum atomic E-state index is -4.67. The largest absolute Gasteiger partial charge is 0.511 e. The van der Waals surface area contributed by atoms with Gasteiger partial charge in [-0.2, -0.15) is 18.2 Å². The van der Waals surface area contributed by atoms with Gasteiger partial charge in [0.05, 0.1) is 31.5 Å². The van der Waals surface area contributed by atoms with E-state index in [4.69, 9.17) is 26.0 Å². The van der Waals surface area contributed by atoms with Crippen molar-refractivity contribution in [2.45, 2.75) is 19.1 Å². The van der Waals surface area contributed by atoms with Crippen molar-refractivity contribution in [2.75, 3.05) is 25.7 Å². The average molecular weight is 606 g/mol. The van der Waals surface area contributed by atoms with E-state index >= 15 is 0 Å². The highest BCUT2D eigenvalue weighted by Crippen LogP contribution is 2.33. The van der Waals surface area contributed by atoms with Gasteiger partial charge in [0.2, 0.25) is 11.4 Å². The van der Waals surface area contributed by atoms with E-state index in [0.29, 0.717) is 39.8 Å². The van der Waals surface area contributed by atoms with Crippen LogP contribution in [0, 0.1) is 11.8 Å². The number of aromatic nitrogens is 3. The summed E-state index contributed by atoms with van der Waals surface area (Å²) in [7, 11) is 2.88. The number of ether oxygens (including phenoxy) is 3. The molecule has 4 aromatic rings. The molecular weight excluding hydrogens is 583 g/mol. The maximum Gasteiger partial charge on any atom is 0.511 e. The molecule has 5 N–H and O–H groups in total. The molecule has 0 aliphatic rings. The normalized spacial score (nSPS) is 10.8. The lowest BCUT2D eigenvalue weighted by Crippen LogP contribution is -2.22. The van der Waals surface area contributed by atoms with E-state index in [9.17, 15) is 22.8 Å². The molecule has 15 heteroatoms. The number of fused-ring (bicyclic) bond motifs is 1. The van der Waals surface area contributed by atoms with Crippen molar-refractivity contribution < 1.29 is 37.3 Å². The van der Waals surface area contributed by atoms with Crippen molar-refractivity contribution in [3.05, 3.63) is 75.2 Å². The molecule has 0 spiro atoms. The second kappa shape index (κ2) is 12.6. The van der Waals surface area contributed by atoms with Crippen molar-refractivity contribution in [1.82, 2.24) is 14.5 Å². The second-order valence-electron chi connectivity index (χ2n) is 8.61. The van der Waals surface area contributed by atoms with E-state index in [1.165, 1.54) is 38.6 Å². The highest BCUT2D eigenvalue weighted by Gasteiger charge is 2.29. The fourth-order valence-corrected chi connectivity index (χ4v) is 4.08. The quantitative estimate of drug-likeness (QED) is 0.216. The zero-order chi connectivity index (χ0) is 29.9. The van der Waals surface area contributed by atoms with Crippen LogP contribution in [0.2, 0.25) is 0 Å². The first kappa shape index (κ1) is 31.4. The summed E-state index contributed by atoms with van der Waals surface area (Å²) < 4.78 is 55.9. The molecule has 0 bridgehead atoms. The van der Waals surface area contributed by atoms with Crippen LogP contribution in [-0.4, -0.2) is 46.2 Å². The number of rotatable bonds is 6. The molecule has 220 valence electrons. The molecule has 0 saturated carbocycles. The minimum Gasteiger partial charge on any atom is -0.493 e. The van der Waals surface area contributed by atoms with Gasteiger partial charge in [-0.3, -0.25) is 4.79 Å². The topological polar surface area (TPSA) is 165 Å². The number of pyridine rings is 1. The number of carboxylic acid groups (broad SMARTS) is 1. The molecule has 0 aliphatic heterocycles. The predicted octanol–water partition coefficient (Wildman–Crippen LogP) is 4.00. The van der Waals surface area contributed by atoms with Gasteiger partial charge in [0, 0.05) is 29.1 Å². The number of carbonyl (C=O) groups is 1. The number of nitrogen functional groups attached to an aromatic ring is 2. The Balaban J connectivity index is 0.00000484. The molecule has 0 aliphatic carbocycles. The lowest BCUT2D eigenvalue weighted by molar-refractivity contribution is -0.140. The SMILES string of the molecule is COc1cc(Cc2cnc(N)nc2N)cc(C#Cc2ccc3c(=O)c(OC(=O)O)cn(CC(F)(F)F)c3c2)c1OC.Cl. The Kier molecular flexibility index (Phi) is 9.38. The van der Waals surface area contributed by atoms with Gasteiger partial charge in [-0.15, -0.1) is 12.4 Å². The summed E-state index contributed by atoms with van der Waals surface area (Å²) in [6.07, 6.45) is -3.99. The summed E-state index contributed by atoms with van der Waals surface area (Å²) in [5.74, 6) is 5.98. The van der Waals surface area contributed by atoms with Crippen LogP contribution in [0.3, 0.4) is 0 Å². The third-order valence-electron chi connectivity index (χ3n) is 5.79. The molecule has 2 aromatic carbocycles. The molecule has 0 radical (unpaired) electrons. The molecule has 0 atom stereocenters. The van der Waals surface area contributed by atoms with Gasteiger partial charge in [0.1, 0.15) is 12.4 Å². The number of benzene rings is 2. The minimum absolute atomic E-state index is 0. The Labute approximate surface area is 242 Å². The number of hydrogen-bond acceptors (Lipinski definition) is 9. The number of alkyl halides is 3. The zero-order valence-electron chi connectivity index (χ0n) is 22.0. The molecule has 11 nitrogen and oxygen atoms in total. The third kappa shape index (κ3) is 7.12. The van der Waals surface area contributed by atoms with Crippen LogP contribution in [0.25, 0.3) is 10.9 Å². The summed E-state index contributed by atoms with van der Waals surface area (Å²) in [6, 6.07) is 7.41. The fraction of sp³-hybridized carbons (Fsp3) is 0.185. The van der Waals surface area contributed by atoms with Crippen LogP contribution < -0.4 is 31.1 Å². The first-order valence-corrected chi connectivity index (χ1v) is 11.7. The maximum absolute atomic E-state index is 13.3. The van der Waals surface area contributed by atoms with Gasteiger partial charge >= 0.3 is 12.3 Å². The maximum atomic E-state index is 13.3. The average Bonchev–Trinajstić information content (AvgIpc) is 2.90. The highest BCUT2D eigenvalue weighted by atomic mass is 35.5. The van der Waals surface area contributed by atoms with Crippen LogP contribution >= 0.6 is 12.4 Å². The van der Waals surface area contributed by atoms with Crippen LogP contribution in [-0.2, 0) is 13.0 Å².